The number of hydrogen-bond donors (Lipinski definition) is 0. The maximum Gasteiger partial charge on any atom is 0.309 e. The lowest BCUT2D eigenvalue weighted by Gasteiger charge is -2.32. The summed E-state index contributed by atoms with van der Waals surface area (Å²) in [7, 11) is 0. The summed E-state index contributed by atoms with van der Waals surface area (Å²) in [4.78, 5) is 43.0. The first-order valence-electron chi connectivity index (χ1n) is 13.4. The molecule has 3 aromatic rings. The van der Waals surface area contributed by atoms with Crippen LogP contribution in [0, 0.1) is 5.92 Å². The minimum absolute atomic E-state index is 0.00847. The van der Waals surface area contributed by atoms with Crippen molar-refractivity contribution in [2.24, 2.45) is 5.92 Å². The van der Waals surface area contributed by atoms with Gasteiger partial charge in [0.05, 0.1) is 18.4 Å². The van der Waals surface area contributed by atoms with Crippen LogP contribution in [-0.2, 0) is 25.7 Å². The quantitative estimate of drug-likeness (QED) is 0.357. The molecule has 0 N–H and O–H groups in total. The number of benzene rings is 3. The van der Waals surface area contributed by atoms with Crippen molar-refractivity contribution in [3.05, 3.63) is 108 Å². The molecular formula is C32H36N2O4. The maximum absolute atomic E-state index is 14.2. The monoisotopic (exact) mass is 512 g/mol. The Bertz CT molecular complexity index is 1140. The molecule has 1 aliphatic heterocycles. The Morgan fingerprint density at radius 2 is 1.37 bits per heavy atom. The molecule has 0 unspecified atom stereocenters. The third-order valence-corrected chi connectivity index (χ3v) is 7.10. The molecule has 3 aromatic carbocycles. The number of carbonyl (C=O) groups excluding carboxylic acids is 3. The van der Waals surface area contributed by atoms with Gasteiger partial charge in [-0.2, -0.15) is 0 Å². The van der Waals surface area contributed by atoms with Crippen LogP contribution in [0.2, 0.25) is 0 Å². The third kappa shape index (κ3) is 7.09. The molecule has 6 heteroatoms. The molecule has 0 aliphatic carbocycles. The van der Waals surface area contributed by atoms with Crippen LogP contribution in [0.5, 0.6) is 0 Å². The first-order chi connectivity index (χ1) is 18.6. The van der Waals surface area contributed by atoms with E-state index in [9.17, 15) is 14.4 Å². The van der Waals surface area contributed by atoms with Crippen LogP contribution in [0.15, 0.2) is 91.0 Å². The molecule has 6 nitrogen and oxygen atoms in total. The van der Waals surface area contributed by atoms with Gasteiger partial charge < -0.3 is 14.5 Å². The van der Waals surface area contributed by atoms with Gasteiger partial charge in [-0.3, -0.25) is 14.4 Å². The smallest absolute Gasteiger partial charge is 0.309 e. The number of carbonyl (C=O) groups is 3. The van der Waals surface area contributed by atoms with Crippen molar-refractivity contribution in [1.29, 1.82) is 0 Å². The van der Waals surface area contributed by atoms with Crippen molar-refractivity contribution in [3.8, 4) is 0 Å². The summed E-state index contributed by atoms with van der Waals surface area (Å²) in [6.45, 7) is 3.99. The summed E-state index contributed by atoms with van der Waals surface area (Å²) in [6.07, 6.45) is 1.46. The number of rotatable bonds is 10. The number of likely N-dealkylation sites (tertiary alicyclic amines) is 1. The van der Waals surface area contributed by atoms with E-state index >= 15 is 0 Å². The molecular weight excluding hydrogens is 476 g/mol. The number of esters is 1. The van der Waals surface area contributed by atoms with Gasteiger partial charge in [-0.05, 0) is 36.5 Å². The van der Waals surface area contributed by atoms with Crippen LogP contribution in [0.3, 0.4) is 0 Å². The Labute approximate surface area is 225 Å². The van der Waals surface area contributed by atoms with Gasteiger partial charge in [-0.15, -0.1) is 0 Å². The van der Waals surface area contributed by atoms with Gasteiger partial charge >= 0.3 is 5.97 Å². The maximum atomic E-state index is 14.2. The molecule has 0 aromatic heterocycles. The predicted octanol–water partition coefficient (Wildman–Crippen LogP) is 5.04. The highest BCUT2D eigenvalue weighted by Gasteiger charge is 2.30. The van der Waals surface area contributed by atoms with E-state index in [1.54, 1.807) is 6.92 Å². The largest absolute Gasteiger partial charge is 0.466 e. The molecule has 0 radical (unpaired) electrons. The van der Waals surface area contributed by atoms with E-state index in [0.29, 0.717) is 45.6 Å². The Hall–Kier alpha value is -3.93. The highest BCUT2D eigenvalue weighted by molar-refractivity contribution is 5.88. The van der Waals surface area contributed by atoms with Crippen molar-refractivity contribution < 1.29 is 19.1 Å². The van der Waals surface area contributed by atoms with Crippen molar-refractivity contribution >= 4 is 17.8 Å². The number of amides is 2. The molecule has 0 bridgehead atoms. The molecule has 4 rings (SSSR count). The zero-order chi connectivity index (χ0) is 26.7. The molecule has 1 heterocycles. The Balaban J connectivity index is 1.49. The lowest BCUT2D eigenvalue weighted by atomic mass is 9.89. The minimum Gasteiger partial charge on any atom is -0.466 e. The van der Waals surface area contributed by atoms with Crippen LogP contribution >= 0.6 is 0 Å². The van der Waals surface area contributed by atoms with Gasteiger partial charge in [-0.25, -0.2) is 0 Å². The number of piperidine rings is 1. The highest BCUT2D eigenvalue weighted by Crippen LogP contribution is 2.28. The zero-order valence-corrected chi connectivity index (χ0v) is 22.0. The molecule has 1 fully saturated rings. The summed E-state index contributed by atoms with van der Waals surface area (Å²) >= 11 is 0. The van der Waals surface area contributed by atoms with Gasteiger partial charge in [0.15, 0.2) is 0 Å². The lowest BCUT2D eigenvalue weighted by Crippen LogP contribution is -2.43. The second-order valence-electron chi connectivity index (χ2n) is 9.66. The molecule has 1 aliphatic rings. The van der Waals surface area contributed by atoms with Gasteiger partial charge in [0.2, 0.25) is 11.8 Å². The van der Waals surface area contributed by atoms with Crippen LogP contribution < -0.4 is 0 Å². The van der Waals surface area contributed by atoms with E-state index in [4.69, 9.17) is 4.74 Å². The number of hydrogen-bond acceptors (Lipinski definition) is 4. The second kappa shape index (κ2) is 13.6. The molecule has 38 heavy (non-hydrogen) atoms. The fourth-order valence-electron chi connectivity index (χ4n) is 5.04. The van der Waals surface area contributed by atoms with E-state index in [2.05, 4.69) is 0 Å². The third-order valence-electron chi connectivity index (χ3n) is 7.10. The van der Waals surface area contributed by atoms with E-state index < -0.39 is 5.92 Å². The summed E-state index contributed by atoms with van der Waals surface area (Å²) in [6, 6.07) is 29.5. The summed E-state index contributed by atoms with van der Waals surface area (Å²) in [5.74, 6) is -0.800. The van der Waals surface area contributed by atoms with Gasteiger partial charge in [-0.1, -0.05) is 91.0 Å². The first kappa shape index (κ1) is 27.1. The van der Waals surface area contributed by atoms with Crippen LogP contribution in [0.25, 0.3) is 0 Å². The van der Waals surface area contributed by atoms with E-state index in [1.807, 2.05) is 101 Å². The van der Waals surface area contributed by atoms with Gasteiger partial charge in [0.25, 0.3) is 0 Å². The van der Waals surface area contributed by atoms with Crippen molar-refractivity contribution in [2.45, 2.75) is 38.6 Å². The van der Waals surface area contributed by atoms with Crippen molar-refractivity contribution in [1.82, 2.24) is 9.80 Å². The highest BCUT2D eigenvalue weighted by atomic mass is 16.5. The molecule has 1 saturated heterocycles. The first-order valence-corrected chi connectivity index (χ1v) is 13.4. The minimum atomic E-state index is -0.462. The fourth-order valence-corrected chi connectivity index (χ4v) is 5.04. The van der Waals surface area contributed by atoms with Crippen LogP contribution in [0.1, 0.15) is 48.8 Å². The molecule has 0 atom stereocenters. The Morgan fingerprint density at radius 3 is 1.89 bits per heavy atom. The fraction of sp³-hybridized carbons (Fsp3) is 0.344. The van der Waals surface area contributed by atoms with Gasteiger partial charge in [0, 0.05) is 32.6 Å². The topological polar surface area (TPSA) is 66.9 Å². The van der Waals surface area contributed by atoms with Crippen molar-refractivity contribution in [3.63, 3.8) is 0 Å². The predicted molar refractivity (Wildman–Crippen MR) is 147 cm³/mol. The standard InChI is InChI=1S/C32H36N2O4/c1-2-38-32(37)28-18-21-33(22-19-28)29(35)20-23-34(24-25-12-6-3-7-13-25)31(36)30(26-14-8-4-9-15-26)27-16-10-5-11-17-27/h3-17,28,30H,2,18-24H2,1H3. The summed E-state index contributed by atoms with van der Waals surface area (Å²) in [5, 5.41) is 0. The normalized spacial score (nSPS) is 13.8. The second-order valence-corrected chi connectivity index (χ2v) is 9.66. The van der Waals surface area contributed by atoms with E-state index in [1.165, 1.54) is 0 Å². The average molecular weight is 513 g/mol. The van der Waals surface area contributed by atoms with E-state index in [0.717, 1.165) is 16.7 Å². The zero-order valence-electron chi connectivity index (χ0n) is 22.0. The van der Waals surface area contributed by atoms with Crippen LogP contribution in [-0.4, -0.2) is 53.8 Å². The average Bonchev–Trinajstić information content (AvgIpc) is 2.97. The molecule has 198 valence electrons. The molecule has 0 saturated carbocycles. The summed E-state index contributed by atoms with van der Waals surface area (Å²) < 4.78 is 5.15. The Kier molecular flexibility index (Phi) is 9.68. The lowest BCUT2D eigenvalue weighted by molar-refractivity contribution is -0.151. The molecule has 2 amide bonds. The number of nitrogens with zero attached hydrogens (tertiary/aromatic N) is 2. The van der Waals surface area contributed by atoms with Crippen molar-refractivity contribution in [2.75, 3.05) is 26.2 Å². The summed E-state index contributed by atoms with van der Waals surface area (Å²) in [5.41, 5.74) is 2.87. The van der Waals surface area contributed by atoms with Crippen LogP contribution in [0.4, 0.5) is 0 Å². The number of ether oxygens (including phenoxy) is 1. The van der Waals surface area contributed by atoms with Gasteiger partial charge in [0.1, 0.15) is 0 Å². The Morgan fingerprint density at radius 1 is 0.842 bits per heavy atom. The molecule has 0 spiro atoms. The SMILES string of the molecule is CCOC(=O)C1CCN(C(=O)CCN(Cc2ccccc2)C(=O)C(c2ccccc2)c2ccccc2)CC1. The van der Waals surface area contributed by atoms with E-state index in [-0.39, 0.29) is 30.1 Å².